The molecule has 2 aromatic carbocycles. The first kappa shape index (κ1) is 16.2. The maximum Gasteiger partial charge on any atom is 0.208 e. The average molecular weight is 355 g/mol. The number of benzene rings is 2. The minimum Gasteiger partial charge on any atom is -0.369 e. The van der Waals surface area contributed by atoms with Crippen LogP contribution in [0.25, 0.3) is 10.9 Å². The van der Waals surface area contributed by atoms with E-state index in [0.717, 1.165) is 42.8 Å². The molecule has 0 unspecified atom stereocenters. The molecule has 0 atom stereocenters. The highest BCUT2D eigenvalue weighted by Gasteiger charge is 2.22. The van der Waals surface area contributed by atoms with Crippen LogP contribution in [-0.4, -0.2) is 51.5 Å². The first-order chi connectivity index (χ1) is 12.1. The Morgan fingerprint density at radius 1 is 0.960 bits per heavy atom. The van der Waals surface area contributed by atoms with Crippen LogP contribution in [0.1, 0.15) is 0 Å². The molecule has 25 heavy (non-hydrogen) atoms. The zero-order valence-electron chi connectivity index (χ0n) is 14.1. The van der Waals surface area contributed by atoms with Crippen molar-refractivity contribution >= 4 is 26.4 Å². The van der Waals surface area contributed by atoms with Crippen LogP contribution < -0.4 is 4.90 Å². The summed E-state index contributed by atoms with van der Waals surface area (Å²) in [5.74, 6) is 0. The van der Waals surface area contributed by atoms with Crippen LogP contribution in [0, 0.1) is 0 Å². The zero-order valence-corrected chi connectivity index (χ0v) is 15.0. The third-order valence-electron chi connectivity index (χ3n) is 4.84. The lowest BCUT2D eigenvalue weighted by Gasteiger charge is -2.34. The van der Waals surface area contributed by atoms with Crippen LogP contribution >= 0.6 is 0 Å². The van der Waals surface area contributed by atoms with Crippen molar-refractivity contribution in [1.29, 1.82) is 0 Å². The van der Waals surface area contributed by atoms with Gasteiger partial charge in [0.15, 0.2) is 0 Å². The largest absolute Gasteiger partial charge is 0.369 e. The summed E-state index contributed by atoms with van der Waals surface area (Å²) in [6.07, 6.45) is 1.60. The number of rotatable bonds is 3. The SMILES string of the molecule is CN1CCN(c2ccc3[nH]cc(S(=O)(=O)c4ccccc4)c3c2)CC1. The summed E-state index contributed by atoms with van der Waals surface area (Å²) in [6.45, 7) is 3.93. The Hall–Kier alpha value is -2.31. The first-order valence-corrected chi connectivity index (χ1v) is 9.89. The van der Waals surface area contributed by atoms with Crippen LogP contribution in [-0.2, 0) is 9.84 Å². The third kappa shape index (κ3) is 2.92. The zero-order chi connectivity index (χ0) is 17.4. The quantitative estimate of drug-likeness (QED) is 0.785. The molecule has 1 aliphatic heterocycles. The molecule has 0 radical (unpaired) electrons. The van der Waals surface area contributed by atoms with Crippen molar-refractivity contribution in [2.75, 3.05) is 38.1 Å². The number of nitrogens with zero attached hydrogens (tertiary/aromatic N) is 2. The van der Waals surface area contributed by atoms with E-state index < -0.39 is 9.84 Å². The standard InChI is InChI=1S/C19H21N3O2S/c1-21-9-11-22(12-10-21)15-7-8-18-17(13-15)19(14-20-18)25(23,24)16-5-3-2-4-6-16/h2-8,13-14,20H,9-12H2,1H3. The number of H-pyrrole nitrogens is 1. The van der Waals surface area contributed by atoms with Gasteiger partial charge < -0.3 is 14.8 Å². The first-order valence-electron chi connectivity index (χ1n) is 8.40. The summed E-state index contributed by atoms with van der Waals surface area (Å²) < 4.78 is 26.0. The summed E-state index contributed by atoms with van der Waals surface area (Å²) >= 11 is 0. The molecule has 0 aliphatic carbocycles. The molecule has 0 spiro atoms. The Morgan fingerprint density at radius 3 is 2.40 bits per heavy atom. The average Bonchev–Trinajstić information content (AvgIpc) is 3.07. The topological polar surface area (TPSA) is 56.4 Å². The third-order valence-corrected chi connectivity index (χ3v) is 6.65. The molecule has 1 aliphatic rings. The number of anilines is 1. The Bertz CT molecular complexity index is 988. The molecular formula is C19H21N3O2S. The Balaban J connectivity index is 1.77. The monoisotopic (exact) mass is 355 g/mol. The molecule has 1 aromatic heterocycles. The van der Waals surface area contributed by atoms with Gasteiger partial charge in [-0.2, -0.15) is 0 Å². The van der Waals surface area contributed by atoms with E-state index in [0.29, 0.717) is 9.79 Å². The smallest absolute Gasteiger partial charge is 0.208 e. The summed E-state index contributed by atoms with van der Waals surface area (Å²) in [5, 5.41) is 0.750. The second-order valence-electron chi connectivity index (χ2n) is 6.49. The van der Waals surface area contributed by atoms with Gasteiger partial charge in [-0.15, -0.1) is 0 Å². The van der Waals surface area contributed by atoms with Gasteiger partial charge >= 0.3 is 0 Å². The fraction of sp³-hybridized carbons (Fsp3) is 0.263. The molecule has 0 bridgehead atoms. The summed E-state index contributed by atoms with van der Waals surface area (Å²) in [5.41, 5.74) is 1.91. The maximum absolute atomic E-state index is 13.0. The Labute approximate surface area is 147 Å². The number of nitrogens with one attached hydrogen (secondary N) is 1. The molecule has 0 amide bonds. The minimum atomic E-state index is -3.54. The van der Waals surface area contributed by atoms with Gasteiger partial charge in [-0.1, -0.05) is 18.2 Å². The molecule has 1 saturated heterocycles. The Kier molecular flexibility index (Phi) is 4.01. The Morgan fingerprint density at radius 2 is 1.68 bits per heavy atom. The van der Waals surface area contributed by atoms with E-state index in [-0.39, 0.29) is 0 Å². The highest BCUT2D eigenvalue weighted by Crippen LogP contribution is 2.31. The number of piperazine rings is 1. The lowest BCUT2D eigenvalue weighted by Crippen LogP contribution is -2.44. The second-order valence-corrected chi connectivity index (χ2v) is 8.41. The van der Waals surface area contributed by atoms with Crippen LogP contribution in [0.5, 0.6) is 0 Å². The lowest BCUT2D eigenvalue weighted by atomic mass is 10.2. The second kappa shape index (κ2) is 6.20. The van der Waals surface area contributed by atoms with Gasteiger partial charge in [-0.05, 0) is 37.4 Å². The molecular weight excluding hydrogens is 334 g/mol. The fourth-order valence-corrected chi connectivity index (χ4v) is 4.74. The number of hydrogen-bond acceptors (Lipinski definition) is 4. The van der Waals surface area contributed by atoms with Crippen molar-refractivity contribution in [2.24, 2.45) is 0 Å². The van der Waals surface area contributed by atoms with Crippen LogP contribution in [0.2, 0.25) is 0 Å². The van der Waals surface area contributed by atoms with Gasteiger partial charge in [0.1, 0.15) is 0 Å². The summed E-state index contributed by atoms with van der Waals surface area (Å²) in [4.78, 5) is 8.37. The van der Waals surface area contributed by atoms with Crippen molar-refractivity contribution in [3.05, 3.63) is 54.7 Å². The number of hydrogen-bond donors (Lipinski definition) is 1. The predicted molar refractivity (Wildman–Crippen MR) is 99.9 cm³/mol. The minimum absolute atomic E-state index is 0.320. The van der Waals surface area contributed by atoms with E-state index in [1.54, 1.807) is 30.5 Å². The predicted octanol–water partition coefficient (Wildman–Crippen LogP) is 2.75. The summed E-state index contributed by atoms with van der Waals surface area (Å²) in [6, 6.07) is 14.6. The van der Waals surface area contributed by atoms with Crippen molar-refractivity contribution in [3.63, 3.8) is 0 Å². The van der Waals surface area contributed by atoms with Crippen LogP contribution in [0.3, 0.4) is 0 Å². The van der Waals surface area contributed by atoms with E-state index in [2.05, 4.69) is 27.9 Å². The van der Waals surface area contributed by atoms with Crippen molar-refractivity contribution in [2.45, 2.75) is 9.79 Å². The van der Waals surface area contributed by atoms with E-state index in [4.69, 9.17) is 0 Å². The van der Waals surface area contributed by atoms with Gasteiger partial charge in [0.05, 0.1) is 9.79 Å². The highest BCUT2D eigenvalue weighted by molar-refractivity contribution is 7.91. The van der Waals surface area contributed by atoms with Crippen molar-refractivity contribution in [1.82, 2.24) is 9.88 Å². The van der Waals surface area contributed by atoms with Gasteiger partial charge in [0.2, 0.25) is 9.84 Å². The molecule has 5 nitrogen and oxygen atoms in total. The van der Waals surface area contributed by atoms with Gasteiger partial charge in [-0.3, -0.25) is 0 Å². The molecule has 6 heteroatoms. The van der Waals surface area contributed by atoms with Crippen LogP contribution in [0.4, 0.5) is 5.69 Å². The number of sulfone groups is 1. The van der Waals surface area contributed by atoms with E-state index in [9.17, 15) is 8.42 Å². The van der Waals surface area contributed by atoms with E-state index in [1.165, 1.54) is 0 Å². The molecule has 4 rings (SSSR count). The molecule has 1 fully saturated rings. The van der Waals surface area contributed by atoms with E-state index in [1.807, 2.05) is 18.2 Å². The molecule has 2 heterocycles. The van der Waals surface area contributed by atoms with Crippen LogP contribution in [0.15, 0.2) is 64.5 Å². The van der Waals surface area contributed by atoms with Crippen molar-refractivity contribution < 1.29 is 8.42 Å². The lowest BCUT2D eigenvalue weighted by molar-refractivity contribution is 0.313. The molecule has 130 valence electrons. The van der Waals surface area contributed by atoms with E-state index >= 15 is 0 Å². The van der Waals surface area contributed by atoms with Gasteiger partial charge in [-0.25, -0.2) is 8.42 Å². The highest BCUT2D eigenvalue weighted by atomic mass is 32.2. The fourth-order valence-electron chi connectivity index (χ4n) is 3.29. The maximum atomic E-state index is 13.0. The normalized spacial score (nSPS) is 16.4. The number of aromatic nitrogens is 1. The number of aromatic amines is 1. The summed E-state index contributed by atoms with van der Waals surface area (Å²) in [7, 11) is -1.41. The molecule has 3 aromatic rings. The van der Waals surface area contributed by atoms with Crippen molar-refractivity contribution in [3.8, 4) is 0 Å². The number of fused-ring (bicyclic) bond motifs is 1. The van der Waals surface area contributed by atoms with Gasteiger partial charge in [0.25, 0.3) is 0 Å². The molecule has 0 saturated carbocycles. The molecule has 1 N–H and O–H groups in total. The number of likely N-dealkylation sites (N-methyl/N-ethyl adjacent to an activating group) is 1. The van der Waals surface area contributed by atoms with Gasteiger partial charge in [0, 0.05) is 49.0 Å².